The predicted octanol–water partition coefficient (Wildman–Crippen LogP) is 5.40. The highest BCUT2D eigenvalue weighted by molar-refractivity contribution is 6.05. The summed E-state index contributed by atoms with van der Waals surface area (Å²) in [5, 5.41) is 3.86. The molecule has 4 rings (SSSR count). The quantitative estimate of drug-likeness (QED) is 0.643. The van der Waals surface area contributed by atoms with Gasteiger partial charge in [0, 0.05) is 36.4 Å². The van der Waals surface area contributed by atoms with Gasteiger partial charge in [0.1, 0.15) is 11.9 Å². The third-order valence-electron chi connectivity index (χ3n) is 5.05. The normalized spacial score (nSPS) is 19.1. The number of pyridine rings is 2. The second kappa shape index (κ2) is 8.58. The van der Waals surface area contributed by atoms with Gasteiger partial charge in [-0.1, -0.05) is 12.2 Å². The van der Waals surface area contributed by atoms with E-state index in [4.69, 9.17) is 4.74 Å². The molecule has 5 nitrogen and oxygen atoms in total. The number of alkyl halides is 4. The highest BCUT2D eigenvalue weighted by atomic mass is 19.4. The van der Waals surface area contributed by atoms with Crippen LogP contribution < -0.4 is 5.32 Å². The van der Waals surface area contributed by atoms with Crippen LogP contribution in [0.25, 0.3) is 11.0 Å². The van der Waals surface area contributed by atoms with Crippen molar-refractivity contribution in [1.82, 2.24) is 9.97 Å². The molecular weight excluding hydrogens is 412 g/mol. The number of halogens is 4. The van der Waals surface area contributed by atoms with E-state index in [-0.39, 0.29) is 31.6 Å². The number of aliphatic imine (C=N–C) groups is 1. The largest absolute Gasteiger partial charge is 0.412 e. The smallest absolute Gasteiger partial charge is 0.378 e. The Morgan fingerprint density at radius 3 is 2.68 bits per heavy atom. The SMILES string of the molecule is COCc1cc(NC2=CC=C(C(F)(F)F)CC2)c2ccc(C3=NC=CCC3F)nc2n1. The Morgan fingerprint density at radius 2 is 2.00 bits per heavy atom. The number of hydrogen-bond acceptors (Lipinski definition) is 5. The number of anilines is 1. The van der Waals surface area contributed by atoms with Crippen molar-refractivity contribution in [2.45, 2.75) is 38.2 Å². The molecule has 1 aliphatic heterocycles. The average Bonchev–Trinajstić information content (AvgIpc) is 2.74. The molecule has 0 bridgehead atoms. The van der Waals surface area contributed by atoms with Gasteiger partial charge in [-0.05, 0) is 37.1 Å². The van der Waals surface area contributed by atoms with Crippen molar-refractivity contribution in [2.24, 2.45) is 4.99 Å². The number of methoxy groups -OCH3 is 1. The molecule has 1 N–H and O–H groups in total. The van der Waals surface area contributed by atoms with Gasteiger partial charge in [-0.2, -0.15) is 13.2 Å². The molecule has 0 saturated carbocycles. The molecule has 1 aliphatic carbocycles. The number of allylic oxidation sites excluding steroid dienone is 5. The zero-order chi connectivity index (χ0) is 22.0. The summed E-state index contributed by atoms with van der Waals surface area (Å²) in [5.41, 5.74) is 2.36. The highest BCUT2D eigenvalue weighted by Crippen LogP contribution is 2.34. The minimum atomic E-state index is -4.32. The topological polar surface area (TPSA) is 59.4 Å². The lowest BCUT2D eigenvalue weighted by molar-refractivity contribution is -0.0941. The first-order valence-corrected chi connectivity index (χ1v) is 9.76. The van der Waals surface area contributed by atoms with E-state index in [1.54, 1.807) is 30.5 Å². The molecule has 0 aromatic carbocycles. The van der Waals surface area contributed by atoms with Crippen molar-refractivity contribution in [3.63, 3.8) is 0 Å². The van der Waals surface area contributed by atoms with E-state index in [0.717, 1.165) is 6.08 Å². The number of rotatable bonds is 5. The Labute approximate surface area is 176 Å². The molecule has 31 heavy (non-hydrogen) atoms. The van der Waals surface area contributed by atoms with Gasteiger partial charge >= 0.3 is 6.18 Å². The summed E-state index contributed by atoms with van der Waals surface area (Å²) in [4.78, 5) is 13.1. The van der Waals surface area contributed by atoms with Crippen molar-refractivity contribution < 1.29 is 22.3 Å². The fourth-order valence-electron chi connectivity index (χ4n) is 3.51. The van der Waals surface area contributed by atoms with Crippen LogP contribution in [-0.4, -0.2) is 35.1 Å². The van der Waals surface area contributed by atoms with Crippen LogP contribution >= 0.6 is 0 Å². The molecule has 0 saturated heterocycles. The number of aromatic nitrogens is 2. The van der Waals surface area contributed by atoms with E-state index in [1.165, 1.54) is 13.2 Å². The van der Waals surface area contributed by atoms with Gasteiger partial charge in [0.2, 0.25) is 0 Å². The second-order valence-electron chi connectivity index (χ2n) is 7.27. The molecule has 0 amide bonds. The lowest BCUT2D eigenvalue weighted by Crippen LogP contribution is -2.19. The molecule has 0 radical (unpaired) electrons. The van der Waals surface area contributed by atoms with Gasteiger partial charge in [-0.15, -0.1) is 0 Å². The number of nitrogens with one attached hydrogen (secondary N) is 1. The number of hydrogen-bond donors (Lipinski definition) is 1. The summed E-state index contributed by atoms with van der Waals surface area (Å²) in [6.07, 6.45) is 0.561. The number of fused-ring (bicyclic) bond motifs is 1. The van der Waals surface area contributed by atoms with Crippen LogP contribution in [0.1, 0.15) is 30.7 Å². The van der Waals surface area contributed by atoms with Crippen molar-refractivity contribution in [3.05, 3.63) is 65.3 Å². The fourth-order valence-corrected chi connectivity index (χ4v) is 3.51. The maximum absolute atomic E-state index is 14.3. The van der Waals surface area contributed by atoms with Crippen LogP contribution in [-0.2, 0) is 11.3 Å². The molecule has 2 aromatic rings. The summed E-state index contributed by atoms with van der Waals surface area (Å²) in [5.74, 6) is 0. The summed E-state index contributed by atoms with van der Waals surface area (Å²) >= 11 is 0. The highest BCUT2D eigenvalue weighted by Gasteiger charge is 2.33. The maximum Gasteiger partial charge on any atom is 0.412 e. The van der Waals surface area contributed by atoms with Crippen molar-refractivity contribution >= 4 is 22.4 Å². The van der Waals surface area contributed by atoms with Crippen LogP contribution in [0.4, 0.5) is 23.2 Å². The van der Waals surface area contributed by atoms with Gasteiger partial charge < -0.3 is 10.1 Å². The van der Waals surface area contributed by atoms with E-state index in [9.17, 15) is 17.6 Å². The Hall–Kier alpha value is -3.07. The van der Waals surface area contributed by atoms with Gasteiger partial charge in [-0.25, -0.2) is 14.4 Å². The van der Waals surface area contributed by atoms with Crippen LogP contribution in [0.2, 0.25) is 0 Å². The zero-order valence-electron chi connectivity index (χ0n) is 16.7. The van der Waals surface area contributed by atoms with Crippen LogP contribution in [0, 0.1) is 0 Å². The van der Waals surface area contributed by atoms with E-state index >= 15 is 0 Å². The van der Waals surface area contributed by atoms with Crippen LogP contribution in [0.5, 0.6) is 0 Å². The molecule has 2 aliphatic rings. The van der Waals surface area contributed by atoms with Gasteiger partial charge in [-0.3, -0.25) is 4.99 Å². The molecule has 0 fully saturated rings. The number of ether oxygens (including phenoxy) is 1. The van der Waals surface area contributed by atoms with E-state index in [0.29, 0.717) is 33.8 Å². The van der Waals surface area contributed by atoms with E-state index in [2.05, 4.69) is 20.3 Å². The fraction of sp³-hybridized carbons (Fsp3) is 0.318. The van der Waals surface area contributed by atoms with Crippen molar-refractivity contribution in [1.29, 1.82) is 0 Å². The Kier molecular flexibility index (Phi) is 5.86. The third kappa shape index (κ3) is 4.66. The first-order valence-electron chi connectivity index (χ1n) is 9.76. The second-order valence-corrected chi connectivity index (χ2v) is 7.27. The van der Waals surface area contributed by atoms with Gasteiger partial charge in [0.05, 0.1) is 23.7 Å². The standard InChI is InChI=1S/C22H20F4N4O/c1-31-12-15-11-19(28-14-6-4-13(5-7-14)22(24,25)26)16-8-9-18(30-21(16)29-15)20-17(23)3-2-10-27-20/h2,4,6,8-11,17H,3,5,7,12H2,1H3,(H,28,29,30). The molecule has 1 atom stereocenters. The first-order chi connectivity index (χ1) is 14.8. The monoisotopic (exact) mass is 432 g/mol. The minimum Gasteiger partial charge on any atom is -0.378 e. The zero-order valence-corrected chi connectivity index (χ0v) is 16.7. The summed E-state index contributed by atoms with van der Waals surface area (Å²) in [7, 11) is 1.53. The molecule has 162 valence electrons. The van der Waals surface area contributed by atoms with Crippen LogP contribution in [0.15, 0.2) is 58.9 Å². The molecule has 9 heteroatoms. The molecular formula is C22H20F4N4O. The average molecular weight is 432 g/mol. The first kappa shape index (κ1) is 21.2. The predicted molar refractivity (Wildman–Crippen MR) is 111 cm³/mol. The molecule has 2 aromatic heterocycles. The third-order valence-corrected chi connectivity index (χ3v) is 5.05. The van der Waals surface area contributed by atoms with E-state index in [1.807, 2.05) is 0 Å². The van der Waals surface area contributed by atoms with Gasteiger partial charge in [0.25, 0.3) is 0 Å². The maximum atomic E-state index is 14.3. The molecule has 3 heterocycles. The van der Waals surface area contributed by atoms with Crippen molar-refractivity contribution in [3.8, 4) is 0 Å². The van der Waals surface area contributed by atoms with E-state index < -0.39 is 17.9 Å². The Morgan fingerprint density at radius 1 is 1.16 bits per heavy atom. The Balaban J connectivity index is 1.71. The Bertz CT molecular complexity index is 1120. The minimum absolute atomic E-state index is 0.0933. The molecule has 0 spiro atoms. The van der Waals surface area contributed by atoms with Gasteiger partial charge in [0.15, 0.2) is 5.65 Å². The summed E-state index contributed by atoms with van der Waals surface area (Å²) < 4.78 is 58.1. The molecule has 1 unspecified atom stereocenters. The summed E-state index contributed by atoms with van der Waals surface area (Å²) in [6.45, 7) is 0.225. The lowest BCUT2D eigenvalue weighted by Gasteiger charge is -2.19. The lowest BCUT2D eigenvalue weighted by atomic mass is 10.0. The number of nitrogens with zero attached hydrogens (tertiary/aromatic N) is 3. The summed E-state index contributed by atoms with van der Waals surface area (Å²) in [6, 6.07) is 5.21. The van der Waals surface area contributed by atoms with Crippen LogP contribution in [0.3, 0.4) is 0 Å². The van der Waals surface area contributed by atoms with Crippen molar-refractivity contribution in [2.75, 3.05) is 12.4 Å².